The molecule has 1 heterocycles. The standard InChI is InChI=1S/C17H18N2O3S/c1-12-4-2-3-5-16(12)17(20)19-9-8-13-6-7-15(23(18,21)22)10-14(13)11-19/h2-7,10H,8-9,11H2,1H3,(H2,18,21,22). The van der Waals surface area contributed by atoms with Gasteiger partial charge in [0.15, 0.2) is 0 Å². The summed E-state index contributed by atoms with van der Waals surface area (Å²) in [6.45, 7) is 2.92. The van der Waals surface area contributed by atoms with E-state index >= 15 is 0 Å². The molecule has 2 aromatic rings. The van der Waals surface area contributed by atoms with E-state index in [0.29, 0.717) is 25.1 Å². The van der Waals surface area contributed by atoms with Crippen LogP contribution in [0.1, 0.15) is 27.0 Å². The summed E-state index contributed by atoms with van der Waals surface area (Å²) < 4.78 is 23.0. The van der Waals surface area contributed by atoms with Gasteiger partial charge in [0, 0.05) is 18.7 Å². The van der Waals surface area contributed by atoms with Crippen molar-refractivity contribution < 1.29 is 13.2 Å². The highest BCUT2D eigenvalue weighted by Gasteiger charge is 2.23. The molecule has 0 bridgehead atoms. The molecule has 0 atom stereocenters. The van der Waals surface area contributed by atoms with E-state index < -0.39 is 10.0 Å². The predicted molar refractivity (Wildman–Crippen MR) is 87.4 cm³/mol. The molecule has 0 spiro atoms. The SMILES string of the molecule is Cc1ccccc1C(=O)N1CCc2ccc(S(N)(=O)=O)cc2C1. The van der Waals surface area contributed by atoms with Crippen molar-refractivity contribution in [3.8, 4) is 0 Å². The van der Waals surface area contributed by atoms with Crippen LogP contribution in [0.2, 0.25) is 0 Å². The lowest BCUT2D eigenvalue weighted by atomic mass is 9.98. The van der Waals surface area contributed by atoms with E-state index in [1.165, 1.54) is 6.07 Å². The van der Waals surface area contributed by atoms with Crippen molar-refractivity contribution in [3.05, 3.63) is 64.7 Å². The molecule has 23 heavy (non-hydrogen) atoms. The van der Waals surface area contributed by atoms with Crippen molar-refractivity contribution in [2.24, 2.45) is 5.14 Å². The van der Waals surface area contributed by atoms with Gasteiger partial charge >= 0.3 is 0 Å². The number of benzene rings is 2. The Bertz CT molecular complexity index is 875. The number of amides is 1. The summed E-state index contributed by atoms with van der Waals surface area (Å²) in [5.74, 6) is -0.0326. The van der Waals surface area contributed by atoms with Crippen LogP contribution in [0.5, 0.6) is 0 Å². The molecule has 5 nitrogen and oxygen atoms in total. The average Bonchev–Trinajstić information content (AvgIpc) is 2.53. The number of hydrogen-bond donors (Lipinski definition) is 1. The number of primary sulfonamides is 1. The maximum absolute atomic E-state index is 12.7. The molecule has 2 N–H and O–H groups in total. The Balaban J connectivity index is 1.90. The van der Waals surface area contributed by atoms with Gasteiger partial charge in [0.1, 0.15) is 0 Å². The van der Waals surface area contributed by atoms with Crippen molar-refractivity contribution >= 4 is 15.9 Å². The van der Waals surface area contributed by atoms with E-state index in [2.05, 4.69) is 0 Å². The van der Waals surface area contributed by atoms with Crippen LogP contribution in [0.15, 0.2) is 47.4 Å². The lowest BCUT2D eigenvalue weighted by molar-refractivity contribution is 0.0734. The molecule has 0 unspecified atom stereocenters. The molecule has 120 valence electrons. The first-order valence-corrected chi connectivity index (χ1v) is 8.90. The molecule has 1 aliphatic heterocycles. The number of hydrogen-bond acceptors (Lipinski definition) is 3. The largest absolute Gasteiger partial charge is 0.334 e. The molecule has 1 aliphatic rings. The van der Waals surface area contributed by atoms with E-state index in [1.54, 1.807) is 17.0 Å². The number of carbonyl (C=O) groups excluding carboxylic acids is 1. The van der Waals surface area contributed by atoms with Crippen LogP contribution in [-0.4, -0.2) is 25.8 Å². The molecule has 1 amide bonds. The fraction of sp³-hybridized carbons (Fsp3) is 0.235. The Hall–Kier alpha value is -2.18. The maximum atomic E-state index is 12.7. The lowest BCUT2D eigenvalue weighted by Crippen LogP contribution is -2.36. The maximum Gasteiger partial charge on any atom is 0.254 e. The highest BCUT2D eigenvalue weighted by atomic mass is 32.2. The Morgan fingerprint density at radius 1 is 1.13 bits per heavy atom. The highest BCUT2D eigenvalue weighted by Crippen LogP contribution is 2.24. The third-order valence-electron chi connectivity index (χ3n) is 4.18. The number of nitrogens with zero attached hydrogens (tertiary/aromatic N) is 1. The predicted octanol–water partition coefficient (Wildman–Crippen LogP) is 1.84. The van der Waals surface area contributed by atoms with Gasteiger partial charge in [0.25, 0.3) is 5.91 Å². The molecule has 3 rings (SSSR count). The van der Waals surface area contributed by atoms with E-state index in [-0.39, 0.29) is 10.8 Å². The Morgan fingerprint density at radius 3 is 2.57 bits per heavy atom. The normalized spacial score (nSPS) is 14.4. The van der Waals surface area contributed by atoms with Crippen molar-refractivity contribution in [1.82, 2.24) is 4.90 Å². The second-order valence-electron chi connectivity index (χ2n) is 5.77. The smallest absolute Gasteiger partial charge is 0.254 e. The van der Waals surface area contributed by atoms with Gasteiger partial charge < -0.3 is 4.90 Å². The minimum Gasteiger partial charge on any atom is -0.334 e. The van der Waals surface area contributed by atoms with Crippen molar-refractivity contribution in [1.29, 1.82) is 0 Å². The summed E-state index contributed by atoms with van der Waals surface area (Å²) in [6, 6.07) is 12.3. The topological polar surface area (TPSA) is 80.5 Å². The molecular weight excluding hydrogens is 312 g/mol. The monoisotopic (exact) mass is 330 g/mol. The summed E-state index contributed by atoms with van der Waals surface area (Å²) >= 11 is 0. The molecule has 0 radical (unpaired) electrons. The van der Waals surface area contributed by atoms with Crippen LogP contribution in [0, 0.1) is 6.92 Å². The summed E-state index contributed by atoms with van der Waals surface area (Å²) in [4.78, 5) is 14.5. The van der Waals surface area contributed by atoms with Crippen LogP contribution in [0.4, 0.5) is 0 Å². The zero-order chi connectivity index (χ0) is 16.6. The van der Waals surface area contributed by atoms with Gasteiger partial charge in [0.05, 0.1) is 4.90 Å². The molecule has 2 aromatic carbocycles. The van der Waals surface area contributed by atoms with E-state index in [9.17, 15) is 13.2 Å². The molecular formula is C17H18N2O3S. The van der Waals surface area contributed by atoms with E-state index in [0.717, 1.165) is 16.7 Å². The summed E-state index contributed by atoms with van der Waals surface area (Å²) in [5, 5.41) is 5.19. The first-order chi connectivity index (χ1) is 10.9. The molecule has 0 fully saturated rings. The van der Waals surface area contributed by atoms with Crippen LogP contribution in [0.3, 0.4) is 0 Å². The zero-order valence-corrected chi connectivity index (χ0v) is 13.6. The number of nitrogens with two attached hydrogens (primary N) is 1. The fourth-order valence-corrected chi connectivity index (χ4v) is 3.43. The Labute approximate surface area is 135 Å². The van der Waals surface area contributed by atoms with Crippen LogP contribution >= 0.6 is 0 Å². The fourth-order valence-electron chi connectivity index (χ4n) is 2.87. The minimum absolute atomic E-state index is 0.0326. The lowest BCUT2D eigenvalue weighted by Gasteiger charge is -2.29. The van der Waals surface area contributed by atoms with Crippen molar-refractivity contribution in [2.45, 2.75) is 24.8 Å². The number of aryl methyl sites for hydroxylation is 1. The first kappa shape index (κ1) is 15.7. The highest BCUT2D eigenvalue weighted by molar-refractivity contribution is 7.89. The zero-order valence-electron chi connectivity index (χ0n) is 12.8. The van der Waals surface area contributed by atoms with Crippen molar-refractivity contribution in [2.75, 3.05) is 6.54 Å². The first-order valence-electron chi connectivity index (χ1n) is 7.36. The summed E-state index contributed by atoms with van der Waals surface area (Å²) in [5.41, 5.74) is 3.51. The van der Waals surface area contributed by atoms with Crippen LogP contribution < -0.4 is 5.14 Å². The Kier molecular flexibility index (Phi) is 3.95. The van der Waals surface area contributed by atoms with E-state index in [1.807, 2.05) is 31.2 Å². The second kappa shape index (κ2) is 5.79. The molecule has 0 saturated carbocycles. The van der Waals surface area contributed by atoms with Gasteiger partial charge in [0.2, 0.25) is 10.0 Å². The van der Waals surface area contributed by atoms with Crippen LogP contribution in [0.25, 0.3) is 0 Å². The minimum atomic E-state index is -3.74. The number of rotatable bonds is 2. The van der Waals surface area contributed by atoms with Crippen LogP contribution in [-0.2, 0) is 23.0 Å². The number of carbonyl (C=O) groups is 1. The van der Waals surface area contributed by atoms with Gasteiger partial charge in [-0.3, -0.25) is 4.79 Å². The molecule has 0 aliphatic carbocycles. The Morgan fingerprint density at radius 2 is 1.87 bits per heavy atom. The third-order valence-corrected chi connectivity index (χ3v) is 5.09. The molecule has 6 heteroatoms. The van der Waals surface area contributed by atoms with E-state index in [4.69, 9.17) is 5.14 Å². The summed E-state index contributed by atoms with van der Waals surface area (Å²) in [7, 11) is -3.74. The van der Waals surface area contributed by atoms with Gasteiger partial charge in [-0.1, -0.05) is 24.3 Å². The quantitative estimate of drug-likeness (QED) is 0.912. The second-order valence-corrected chi connectivity index (χ2v) is 7.33. The number of sulfonamides is 1. The van der Waals surface area contributed by atoms with Crippen molar-refractivity contribution in [3.63, 3.8) is 0 Å². The average molecular weight is 330 g/mol. The molecule has 0 saturated heterocycles. The number of fused-ring (bicyclic) bond motifs is 1. The third kappa shape index (κ3) is 3.13. The van der Waals surface area contributed by atoms with Gasteiger partial charge in [-0.15, -0.1) is 0 Å². The van der Waals surface area contributed by atoms with Gasteiger partial charge in [-0.2, -0.15) is 0 Å². The van der Waals surface area contributed by atoms with Gasteiger partial charge in [-0.05, 0) is 48.2 Å². The molecule has 0 aromatic heterocycles. The van der Waals surface area contributed by atoms with Gasteiger partial charge in [-0.25, -0.2) is 13.6 Å². The summed E-state index contributed by atoms with van der Waals surface area (Å²) in [6.07, 6.45) is 0.706.